The SMILES string of the molecule is COCCCOc1cc(OC[C@H](N)C(C)C)c(Br)c2c1OCO2.Cl. The third-order valence-corrected chi connectivity index (χ3v) is 4.30. The fraction of sp³-hybridized carbons (Fsp3) is 0.625. The highest BCUT2D eigenvalue weighted by Gasteiger charge is 2.26. The molecule has 0 amide bonds. The summed E-state index contributed by atoms with van der Waals surface area (Å²) in [6.45, 7) is 5.87. The average molecular weight is 427 g/mol. The van der Waals surface area contributed by atoms with Crippen molar-refractivity contribution in [3.05, 3.63) is 10.5 Å². The second kappa shape index (κ2) is 10.2. The van der Waals surface area contributed by atoms with Gasteiger partial charge in [-0.15, -0.1) is 12.4 Å². The maximum Gasteiger partial charge on any atom is 0.231 e. The van der Waals surface area contributed by atoms with Crippen molar-refractivity contribution in [3.8, 4) is 23.0 Å². The van der Waals surface area contributed by atoms with Gasteiger partial charge in [-0.3, -0.25) is 0 Å². The van der Waals surface area contributed by atoms with Crippen LogP contribution in [-0.2, 0) is 4.74 Å². The first-order chi connectivity index (χ1) is 11.0. The number of benzene rings is 1. The normalized spacial score (nSPS) is 13.6. The van der Waals surface area contributed by atoms with E-state index in [2.05, 4.69) is 29.8 Å². The maximum absolute atomic E-state index is 6.04. The van der Waals surface area contributed by atoms with Crippen LogP contribution in [0.5, 0.6) is 23.0 Å². The molecule has 6 nitrogen and oxygen atoms in total. The Bertz CT molecular complexity index is 530. The van der Waals surface area contributed by atoms with Crippen LogP contribution >= 0.6 is 28.3 Å². The third kappa shape index (κ3) is 5.31. The van der Waals surface area contributed by atoms with Crippen LogP contribution < -0.4 is 24.7 Å². The Morgan fingerprint density at radius 2 is 1.88 bits per heavy atom. The number of fused-ring (bicyclic) bond motifs is 1. The van der Waals surface area contributed by atoms with Crippen molar-refractivity contribution in [2.45, 2.75) is 26.3 Å². The number of methoxy groups -OCH3 is 1. The van der Waals surface area contributed by atoms with E-state index in [-0.39, 0.29) is 25.2 Å². The van der Waals surface area contributed by atoms with Gasteiger partial charge < -0.3 is 29.4 Å². The summed E-state index contributed by atoms with van der Waals surface area (Å²) in [6, 6.07) is 1.76. The van der Waals surface area contributed by atoms with Crippen molar-refractivity contribution >= 4 is 28.3 Å². The smallest absolute Gasteiger partial charge is 0.231 e. The van der Waals surface area contributed by atoms with E-state index in [1.807, 2.05) is 0 Å². The zero-order chi connectivity index (χ0) is 16.8. The van der Waals surface area contributed by atoms with Crippen LogP contribution in [0.2, 0.25) is 0 Å². The first-order valence-electron chi connectivity index (χ1n) is 7.66. The quantitative estimate of drug-likeness (QED) is 0.610. The summed E-state index contributed by atoms with van der Waals surface area (Å²) in [5.41, 5.74) is 6.04. The standard InChI is InChI=1S/C16H24BrNO5.ClH/c1-10(2)11(18)8-21-12-7-13(20-6-4-5-19-3)15-16(14(12)17)23-9-22-15;/h7,10-11H,4-6,8-9,18H2,1-3H3;1H/t11-;/m0./s1. The molecule has 1 atom stereocenters. The summed E-state index contributed by atoms with van der Waals surface area (Å²) in [4.78, 5) is 0. The van der Waals surface area contributed by atoms with E-state index >= 15 is 0 Å². The van der Waals surface area contributed by atoms with Gasteiger partial charge in [0.25, 0.3) is 0 Å². The van der Waals surface area contributed by atoms with Crippen molar-refractivity contribution < 1.29 is 23.7 Å². The second-order valence-corrected chi connectivity index (χ2v) is 6.46. The van der Waals surface area contributed by atoms with Gasteiger partial charge in [0.1, 0.15) is 16.8 Å². The van der Waals surface area contributed by atoms with Gasteiger partial charge in [-0.25, -0.2) is 0 Å². The predicted octanol–water partition coefficient (Wildman–Crippen LogP) is 3.38. The van der Waals surface area contributed by atoms with E-state index in [9.17, 15) is 0 Å². The van der Waals surface area contributed by atoms with Gasteiger partial charge in [0, 0.05) is 32.2 Å². The molecular formula is C16H25BrClNO5. The number of hydrogen-bond acceptors (Lipinski definition) is 6. The molecular weight excluding hydrogens is 402 g/mol. The molecule has 0 spiro atoms. The molecule has 0 saturated carbocycles. The van der Waals surface area contributed by atoms with E-state index in [1.54, 1.807) is 13.2 Å². The fourth-order valence-corrected chi connectivity index (χ4v) is 2.48. The molecule has 138 valence electrons. The van der Waals surface area contributed by atoms with Crippen molar-refractivity contribution in [2.75, 3.05) is 33.7 Å². The summed E-state index contributed by atoms with van der Waals surface area (Å²) in [6.07, 6.45) is 0.788. The molecule has 0 aromatic heterocycles. The second-order valence-electron chi connectivity index (χ2n) is 5.67. The van der Waals surface area contributed by atoms with Gasteiger partial charge >= 0.3 is 0 Å². The lowest BCUT2D eigenvalue weighted by molar-refractivity contribution is 0.161. The molecule has 2 rings (SSSR count). The minimum Gasteiger partial charge on any atom is -0.490 e. The molecule has 2 N–H and O–H groups in total. The van der Waals surface area contributed by atoms with E-state index in [1.165, 1.54) is 0 Å². The lowest BCUT2D eigenvalue weighted by Gasteiger charge is -2.18. The third-order valence-electron chi connectivity index (χ3n) is 3.55. The summed E-state index contributed by atoms with van der Waals surface area (Å²) >= 11 is 3.50. The first kappa shape index (κ1) is 21.2. The Kier molecular flexibility index (Phi) is 8.97. The highest BCUT2D eigenvalue weighted by molar-refractivity contribution is 9.10. The first-order valence-corrected chi connectivity index (χ1v) is 8.46. The van der Waals surface area contributed by atoms with Crippen molar-refractivity contribution in [2.24, 2.45) is 11.7 Å². The molecule has 0 bridgehead atoms. The fourth-order valence-electron chi connectivity index (χ4n) is 1.96. The van der Waals surface area contributed by atoms with Crippen LogP contribution in [0, 0.1) is 5.92 Å². The summed E-state index contributed by atoms with van der Waals surface area (Å²) in [5.74, 6) is 2.77. The van der Waals surface area contributed by atoms with E-state index in [0.29, 0.717) is 53.2 Å². The zero-order valence-electron chi connectivity index (χ0n) is 14.2. The van der Waals surface area contributed by atoms with E-state index in [4.69, 9.17) is 29.4 Å². The Labute approximate surface area is 157 Å². The Morgan fingerprint density at radius 3 is 2.54 bits per heavy atom. The van der Waals surface area contributed by atoms with Gasteiger partial charge in [-0.05, 0) is 21.8 Å². The van der Waals surface area contributed by atoms with Gasteiger partial charge in [0.2, 0.25) is 12.5 Å². The van der Waals surface area contributed by atoms with Crippen molar-refractivity contribution in [1.82, 2.24) is 0 Å². The van der Waals surface area contributed by atoms with Crippen LogP contribution in [0.4, 0.5) is 0 Å². The molecule has 0 fully saturated rings. The Hall–Kier alpha value is -0.890. The summed E-state index contributed by atoms with van der Waals surface area (Å²) < 4.78 is 28.4. The van der Waals surface area contributed by atoms with Crippen LogP contribution in [0.1, 0.15) is 20.3 Å². The number of halogens is 2. The minimum absolute atomic E-state index is 0. The minimum atomic E-state index is -0.0432. The van der Waals surface area contributed by atoms with Crippen LogP contribution in [0.25, 0.3) is 0 Å². The van der Waals surface area contributed by atoms with E-state index < -0.39 is 0 Å². The Morgan fingerprint density at radius 1 is 1.17 bits per heavy atom. The van der Waals surface area contributed by atoms with Gasteiger partial charge in [-0.2, -0.15) is 0 Å². The Balaban J connectivity index is 0.00000288. The molecule has 1 aliphatic heterocycles. The van der Waals surface area contributed by atoms with Crippen molar-refractivity contribution in [3.63, 3.8) is 0 Å². The van der Waals surface area contributed by atoms with Crippen LogP contribution in [-0.4, -0.2) is 39.8 Å². The van der Waals surface area contributed by atoms with Crippen LogP contribution in [0.3, 0.4) is 0 Å². The molecule has 1 aromatic carbocycles. The highest BCUT2D eigenvalue weighted by atomic mass is 79.9. The maximum atomic E-state index is 6.04. The van der Waals surface area contributed by atoms with Gasteiger partial charge in [0.05, 0.1) is 6.61 Å². The predicted molar refractivity (Wildman–Crippen MR) is 97.8 cm³/mol. The number of ether oxygens (including phenoxy) is 5. The van der Waals surface area contributed by atoms with E-state index in [0.717, 1.165) is 6.42 Å². The topological polar surface area (TPSA) is 72.2 Å². The lowest BCUT2D eigenvalue weighted by atomic mass is 10.1. The zero-order valence-corrected chi connectivity index (χ0v) is 16.6. The average Bonchev–Trinajstić information content (AvgIpc) is 3.02. The molecule has 1 aromatic rings. The monoisotopic (exact) mass is 425 g/mol. The van der Waals surface area contributed by atoms with Crippen LogP contribution in [0.15, 0.2) is 10.5 Å². The lowest BCUT2D eigenvalue weighted by Crippen LogP contribution is -2.33. The molecule has 0 radical (unpaired) electrons. The largest absolute Gasteiger partial charge is 0.490 e. The summed E-state index contributed by atoms with van der Waals surface area (Å²) in [5, 5.41) is 0. The number of nitrogens with two attached hydrogens (primary N) is 1. The molecule has 0 saturated heterocycles. The van der Waals surface area contributed by atoms with Gasteiger partial charge in [0.15, 0.2) is 11.5 Å². The molecule has 8 heteroatoms. The number of rotatable bonds is 9. The highest BCUT2D eigenvalue weighted by Crippen LogP contribution is 2.50. The molecule has 1 aliphatic rings. The molecule has 0 aliphatic carbocycles. The van der Waals surface area contributed by atoms with Gasteiger partial charge in [-0.1, -0.05) is 13.8 Å². The summed E-state index contributed by atoms with van der Waals surface area (Å²) in [7, 11) is 1.66. The molecule has 24 heavy (non-hydrogen) atoms. The molecule has 1 heterocycles. The van der Waals surface area contributed by atoms with Crippen molar-refractivity contribution in [1.29, 1.82) is 0 Å². The number of hydrogen-bond donors (Lipinski definition) is 1. The molecule has 0 unspecified atom stereocenters.